The first-order valence-electron chi connectivity index (χ1n) is 8.68. The fourth-order valence-electron chi connectivity index (χ4n) is 3.28. The van der Waals surface area contributed by atoms with Crippen LogP contribution in [0.1, 0.15) is 29.9 Å². The third-order valence-corrected chi connectivity index (χ3v) is 4.72. The highest BCUT2D eigenvalue weighted by Gasteiger charge is 2.23. The molecule has 0 aliphatic carbocycles. The average Bonchev–Trinajstić information content (AvgIpc) is 3.01. The number of benzene rings is 1. The maximum Gasteiger partial charge on any atom is 0.119 e. The molecule has 0 unspecified atom stereocenters. The summed E-state index contributed by atoms with van der Waals surface area (Å²) < 4.78 is 7.54. The topological polar surface area (TPSA) is 50.5 Å². The van der Waals surface area contributed by atoms with Gasteiger partial charge in [0.1, 0.15) is 18.5 Å². The van der Waals surface area contributed by atoms with Crippen LogP contribution in [0.4, 0.5) is 0 Å². The lowest BCUT2D eigenvalue weighted by Gasteiger charge is -2.32. The summed E-state index contributed by atoms with van der Waals surface area (Å²) in [5.41, 5.74) is 2.54. The van der Waals surface area contributed by atoms with E-state index in [2.05, 4.69) is 16.2 Å². The number of aliphatic hydroxyl groups excluding tert-OH is 1. The second-order valence-corrected chi connectivity index (χ2v) is 6.80. The number of hydrogen-bond donors (Lipinski definition) is 1. The average molecular weight is 329 g/mol. The lowest BCUT2D eigenvalue weighted by Crippen LogP contribution is -2.40. The van der Waals surface area contributed by atoms with E-state index < -0.39 is 6.10 Å². The number of likely N-dealkylation sites (tertiary alicyclic amines) is 1. The molecule has 2 aromatic rings. The van der Waals surface area contributed by atoms with E-state index >= 15 is 0 Å². The van der Waals surface area contributed by atoms with Gasteiger partial charge >= 0.3 is 0 Å². The Morgan fingerprint density at radius 3 is 2.58 bits per heavy atom. The van der Waals surface area contributed by atoms with Crippen molar-refractivity contribution < 1.29 is 9.84 Å². The van der Waals surface area contributed by atoms with Crippen molar-refractivity contribution in [1.82, 2.24) is 14.7 Å². The largest absolute Gasteiger partial charge is 0.491 e. The van der Waals surface area contributed by atoms with E-state index in [1.54, 1.807) is 0 Å². The van der Waals surface area contributed by atoms with Crippen molar-refractivity contribution in [3.05, 3.63) is 47.8 Å². The highest BCUT2D eigenvalue weighted by atomic mass is 16.5. The number of aryl methyl sites for hydroxylation is 2. The van der Waals surface area contributed by atoms with Crippen LogP contribution in [-0.4, -0.2) is 52.1 Å². The minimum Gasteiger partial charge on any atom is -0.491 e. The van der Waals surface area contributed by atoms with Crippen LogP contribution in [-0.2, 0) is 7.05 Å². The Hall–Kier alpha value is -1.85. The quantitative estimate of drug-likeness (QED) is 0.884. The molecule has 1 N–H and O–H groups in total. The number of ether oxygens (including phenoxy) is 1. The fraction of sp³-hybridized carbons (Fsp3) is 0.526. The molecule has 130 valence electrons. The van der Waals surface area contributed by atoms with Gasteiger partial charge in [0.25, 0.3) is 0 Å². The molecule has 1 aliphatic heterocycles. The smallest absolute Gasteiger partial charge is 0.119 e. The molecule has 3 rings (SSSR count). The lowest BCUT2D eigenvalue weighted by molar-refractivity contribution is 0.0594. The highest BCUT2D eigenvalue weighted by Crippen LogP contribution is 2.27. The van der Waals surface area contributed by atoms with Gasteiger partial charge in [0.2, 0.25) is 0 Å². The fourth-order valence-corrected chi connectivity index (χ4v) is 3.28. The van der Waals surface area contributed by atoms with Gasteiger partial charge in [-0.1, -0.05) is 17.7 Å². The molecule has 24 heavy (non-hydrogen) atoms. The number of aliphatic hydroxyl groups is 1. The summed E-state index contributed by atoms with van der Waals surface area (Å²) in [6, 6.07) is 7.93. The van der Waals surface area contributed by atoms with Crippen molar-refractivity contribution in [3.63, 3.8) is 0 Å². The Kier molecular flexibility index (Phi) is 5.53. The lowest BCUT2D eigenvalue weighted by atomic mass is 9.91. The van der Waals surface area contributed by atoms with Crippen LogP contribution in [0, 0.1) is 6.92 Å². The molecule has 0 radical (unpaired) electrons. The molecule has 1 atom stereocenters. The second-order valence-electron chi connectivity index (χ2n) is 6.80. The van der Waals surface area contributed by atoms with E-state index in [9.17, 15) is 5.11 Å². The second kappa shape index (κ2) is 7.81. The van der Waals surface area contributed by atoms with Crippen LogP contribution in [0.3, 0.4) is 0 Å². The number of rotatable bonds is 6. The van der Waals surface area contributed by atoms with Crippen LogP contribution >= 0.6 is 0 Å². The maximum absolute atomic E-state index is 10.2. The predicted octanol–water partition coefficient (Wildman–Crippen LogP) is 2.35. The van der Waals surface area contributed by atoms with Crippen molar-refractivity contribution in [2.24, 2.45) is 7.05 Å². The molecule has 0 amide bonds. The number of hydrogen-bond acceptors (Lipinski definition) is 4. The molecule has 2 heterocycles. The Balaban J connectivity index is 1.39. The van der Waals surface area contributed by atoms with Crippen LogP contribution in [0.2, 0.25) is 0 Å². The van der Waals surface area contributed by atoms with E-state index in [4.69, 9.17) is 4.74 Å². The van der Waals surface area contributed by atoms with Gasteiger partial charge in [-0.25, -0.2) is 0 Å². The molecule has 0 spiro atoms. The Labute approximate surface area is 143 Å². The van der Waals surface area contributed by atoms with Gasteiger partial charge < -0.3 is 14.7 Å². The van der Waals surface area contributed by atoms with Gasteiger partial charge in [0.05, 0.1) is 6.20 Å². The molecule has 5 nitrogen and oxygen atoms in total. The van der Waals surface area contributed by atoms with Crippen LogP contribution < -0.4 is 4.74 Å². The summed E-state index contributed by atoms with van der Waals surface area (Å²) in [6.07, 6.45) is 5.88. The van der Waals surface area contributed by atoms with Gasteiger partial charge in [-0.05, 0) is 56.5 Å². The zero-order chi connectivity index (χ0) is 16.9. The van der Waals surface area contributed by atoms with E-state index in [1.807, 2.05) is 49.1 Å². The first-order chi connectivity index (χ1) is 11.6. The first-order valence-corrected chi connectivity index (χ1v) is 8.68. The first kappa shape index (κ1) is 17.0. The Bertz CT molecular complexity index is 630. The molecule has 5 heteroatoms. The predicted molar refractivity (Wildman–Crippen MR) is 94.3 cm³/mol. The van der Waals surface area contributed by atoms with Crippen LogP contribution in [0.5, 0.6) is 5.75 Å². The minimum atomic E-state index is -0.457. The van der Waals surface area contributed by atoms with Crippen molar-refractivity contribution in [1.29, 1.82) is 0 Å². The molecule has 1 fully saturated rings. The summed E-state index contributed by atoms with van der Waals surface area (Å²) in [5.74, 6) is 1.41. The third kappa shape index (κ3) is 4.58. The summed E-state index contributed by atoms with van der Waals surface area (Å²) in [4.78, 5) is 2.33. The standard InChI is InChI=1S/C19H27N3O2/c1-15-3-5-19(6-4-15)24-14-18(23)13-22-9-7-16(8-10-22)17-11-20-21(2)12-17/h3-6,11-12,16,18,23H,7-10,13-14H2,1-2H3/t18-/m0/s1. The molecular formula is C19H27N3O2. The normalized spacial score (nSPS) is 17.8. The molecule has 1 saturated heterocycles. The molecule has 1 aliphatic rings. The number of aromatic nitrogens is 2. The molecule has 0 bridgehead atoms. The van der Waals surface area contributed by atoms with E-state index in [0.717, 1.165) is 31.7 Å². The zero-order valence-corrected chi connectivity index (χ0v) is 14.6. The molecular weight excluding hydrogens is 302 g/mol. The maximum atomic E-state index is 10.2. The van der Waals surface area contributed by atoms with Gasteiger partial charge in [0.15, 0.2) is 0 Å². The van der Waals surface area contributed by atoms with Crippen LogP contribution in [0.15, 0.2) is 36.7 Å². The highest BCUT2D eigenvalue weighted by molar-refractivity contribution is 5.26. The third-order valence-electron chi connectivity index (χ3n) is 4.72. The van der Waals surface area contributed by atoms with Crippen molar-refractivity contribution in [3.8, 4) is 5.75 Å². The Morgan fingerprint density at radius 2 is 1.96 bits per heavy atom. The number of piperidine rings is 1. The van der Waals surface area contributed by atoms with Gasteiger partial charge in [0, 0.05) is 19.8 Å². The van der Waals surface area contributed by atoms with E-state index in [1.165, 1.54) is 11.1 Å². The summed E-state index contributed by atoms with van der Waals surface area (Å²) in [7, 11) is 1.96. The minimum absolute atomic E-state index is 0.339. The van der Waals surface area contributed by atoms with Gasteiger partial charge in [-0.2, -0.15) is 5.10 Å². The monoisotopic (exact) mass is 329 g/mol. The summed E-state index contributed by atoms with van der Waals surface area (Å²) in [5, 5.41) is 14.5. The zero-order valence-electron chi connectivity index (χ0n) is 14.6. The molecule has 1 aromatic carbocycles. The number of β-amino-alcohol motifs (C(OH)–C–C–N with tert-alkyl or cyclic N) is 1. The SMILES string of the molecule is Cc1ccc(OC[C@@H](O)CN2CCC(c3cnn(C)c3)CC2)cc1. The van der Waals surface area contributed by atoms with Crippen molar-refractivity contribution in [2.75, 3.05) is 26.2 Å². The van der Waals surface area contributed by atoms with Crippen molar-refractivity contribution in [2.45, 2.75) is 31.8 Å². The summed E-state index contributed by atoms with van der Waals surface area (Å²) in [6.45, 7) is 5.09. The van der Waals surface area contributed by atoms with E-state index in [0.29, 0.717) is 19.1 Å². The Morgan fingerprint density at radius 1 is 1.25 bits per heavy atom. The molecule has 0 saturated carbocycles. The van der Waals surface area contributed by atoms with Crippen molar-refractivity contribution >= 4 is 0 Å². The van der Waals surface area contributed by atoms with Gasteiger partial charge in [-0.15, -0.1) is 0 Å². The summed E-state index contributed by atoms with van der Waals surface area (Å²) >= 11 is 0. The van der Waals surface area contributed by atoms with Gasteiger partial charge in [-0.3, -0.25) is 4.68 Å². The number of nitrogens with zero attached hydrogens (tertiary/aromatic N) is 3. The van der Waals surface area contributed by atoms with Crippen LogP contribution in [0.25, 0.3) is 0 Å². The van der Waals surface area contributed by atoms with E-state index in [-0.39, 0.29) is 0 Å². The molecule has 1 aromatic heterocycles.